The Morgan fingerprint density at radius 3 is 2.74 bits per heavy atom. The maximum atomic E-state index is 13.5. The largest absolute Gasteiger partial charge is 0.338 e. The predicted molar refractivity (Wildman–Crippen MR) is 69.7 cm³/mol. The summed E-state index contributed by atoms with van der Waals surface area (Å²) in [5, 5.41) is 6.31. The van der Waals surface area contributed by atoms with Crippen LogP contribution in [0.4, 0.5) is 10.3 Å². The summed E-state index contributed by atoms with van der Waals surface area (Å²) >= 11 is 0. The van der Waals surface area contributed by atoms with E-state index in [0.29, 0.717) is 0 Å². The van der Waals surface area contributed by atoms with E-state index in [2.05, 4.69) is 10.5 Å². The maximum Gasteiger partial charge on any atom is 0.261 e. The molecule has 0 saturated carbocycles. The molecule has 0 aliphatic carbocycles. The Bertz CT molecular complexity index is 605. The highest BCUT2D eigenvalue weighted by atomic mass is 19.1. The zero-order valence-electron chi connectivity index (χ0n) is 11.0. The number of anilines is 1. The van der Waals surface area contributed by atoms with Crippen molar-refractivity contribution >= 4 is 11.8 Å². The molecule has 0 spiro atoms. The van der Waals surface area contributed by atoms with Gasteiger partial charge < -0.3 is 4.52 Å². The third-order valence-electron chi connectivity index (χ3n) is 2.72. The van der Waals surface area contributed by atoms with E-state index in [1.54, 1.807) is 19.1 Å². The van der Waals surface area contributed by atoms with Gasteiger partial charge in [0.25, 0.3) is 5.91 Å². The molecule has 0 atom stereocenters. The van der Waals surface area contributed by atoms with Crippen LogP contribution in [0.15, 0.2) is 28.8 Å². The van der Waals surface area contributed by atoms with Crippen molar-refractivity contribution in [2.45, 2.75) is 26.7 Å². The van der Waals surface area contributed by atoms with E-state index < -0.39 is 11.7 Å². The summed E-state index contributed by atoms with van der Waals surface area (Å²) in [6.45, 7) is 5.72. The standard InChI is InChI=1S/C14H15FN2O2/c1-8(2)12-7-13(19-17-12)16-14(18)10-6-9(3)4-5-11(10)15/h4-8H,1-3H3,(H,16,18). The zero-order chi connectivity index (χ0) is 14.0. The van der Waals surface area contributed by atoms with Gasteiger partial charge in [-0.15, -0.1) is 0 Å². The highest BCUT2D eigenvalue weighted by molar-refractivity contribution is 6.03. The monoisotopic (exact) mass is 262 g/mol. The molecular weight excluding hydrogens is 247 g/mol. The third-order valence-corrected chi connectivity index (χ3v) is 2.72. The van der Waals surface area contributed by atoms with Crippen LogP contribution < -0.4 is 5.32 Å². The molecule has 0 unspecified atom stereocenters. The Morgan fingerprint density at radius 2 is 2.11 bits per heavy atom. The molecule has 1 heterocycles. The molecule has 1 N–H and O–H groups in total. The number of aromatic nitrogens is 1. The molecule has 0 fully saturated rings. The van der Waals surface area contributed by atoms with E-state index in [-0.39, 0.29) is 17.4 Å². The van der Waals surface area contributed by atoms with Crippen LogP contribution in [-0.2, 0) is 0 Å². The van der Waals surface area contributed by atoms with Gasteiger partial charge in [0.2, 0.25) is 5.88 Å². The van der Waals surface area contributed by atoms with Gasteiger partial charge in [-0.25, -0.2) is 4.39 Å². The van der Waals surface area contributed by atoms with E-state index in [0.717, 1.165) is 11.3 Å². The summed E-state index contributed by atoms with van der Waals surface area (Å²) in [4.78, 5) is 11.9. The van der Waals surface area contributed by atoms with Crippen molar-refractivity contribution in [3.63, 3.8) is 0 Å². The van der Waals surface area contributed by atoms with Gasteiger partial charge in [0.15, 0.2) is 0 Å². The van der Waals surface area contributed by atoms with Crippen molar-refractivity contribution in [2.75, 3.05) is 5.32 Å². The first kappa shape index (κ1) is 13.3. The first-order chi connectivity index (χ1) is 8.97. The first-order valence-corrected chi connectivity index (χ1v) is 6.01. The second kappa shape index (κ2) is 5.22. The van der Waals surface area contributed by atoms with Gasteiger partial charge in [0.1, 0.15) is 5.82 Å². The number of nitrogens with one attached hydrogen (secondary N) is 1. The SMILES string of the molecule is Cc1ccc(F)c(C(=O)Nc2cc(C(C)C)no2)c1. The Hall–Kier alpha value is -2.17. The molecule has 5 heteroatoms. The number of amides is 1. The fourth-order valence-corrected chi connectivity index (χ4v) is 1.61. The number of hydrogen-bond acceptors (Lipinski definition) is 3. The van der Waals surface area contributed by atoms with Crippen molar-refractivity contribution in [1.29, 1.82) is 0 Å². The lowest BCUT2D eigenvalue weighted by molar-refractivity contribution is 0.102. The van der Waals surface area contributed by atoms with Crippen molar-refractivity contribution < 1.29 is 13.7 Å². The fourth-order valence-electron chi connectivity index (χ4n) is 1.61. The molecular formula is C14H15FN2O2. The number of rotatable bonds is 3. The minimum absolute atomic E-state index is 0.0116. The Kier molecular flexibility index (Phi) is 3.64. The lowest BCUT2D eigenvalue weighted by Gasteiger charge is -2.03. The molecule has 1 aromatic carbocycles. The van der Waals surface area contributed by atoms with Crippen LogP contribution in [0.5, 0.6) is 0 Å². The number of hydrogen-bond donors (Lipinski definition) is 1. The van der Waals surface area contributed by atoms with Gasteiger partial charge in [-0.05, 0) is 25.0 Å². The summed E-state index contributed by atoms with van der Waals surface area (Å²) in [6.07, 6.45) is 0. The summed E-state index contributed by atoms with van der Waals surface area (Å²) in [5.41, 5.74) is 1.54. The number of carbonyl (C=O) groups is 1. The number of carbonyl (C=O) groups excluding carboxylic acids is 1. The molecule has 0 bridgehead atoms. The van der Waals surface area contributed by atoms with E-state index in [1.807, 2.05) is 13.8 Å². The lowest BCUT2D eigenvalue weighted by atomic mass is 10.1. The first-order valence-electron chi connectivity index (χ1n) is 6.01. The highest BCUT2D eigenvalue weighted by Crippen LogP contribution is 2.19. The van der Waals surface area contributed by atoms with Crippen LogP contribution >= 0.6 is 0 Å². The predicted octanol–water partition coefficient (Wildman–Crippen LogP) is 3.50. The Morgan fingerprint density at radius 1 is 1.37 bits per heavy atom. The van der Waals surface area contributed by atoms with Gasteiger partial charge in [0.05, 0.1) is 11.3 Å². The van der Waals surface area contributed by atoms with E-state index in [1.165, 1.54) is 12.1 Å². The molecule has 0 saturated heterocycles. The topological polar surface area (TPSA) is 55.1 Å². The average Bonchev–Trinajstić information content (AvgIpc) is 2.80. The van der Waals surface area contributed by atoms with Crippen LogP contribution in [0.3, 0.4) is 0 Å². The second-order valence-corrected chi connectivity index (χ2v) is 4.71. The summed E-state index contributed by atoms with van der Waals surface area (Å²) < 4.78 is 18.5. The quantitative estimate of drug-likeness (QED) is 0.921. The normalized spacial score (nSPS) is 10.8. The molecule has 100 valence electrons. The molecule has 0 aliphatic rings. The average molecular weight is 262 g/mol. The molecule has 0 radical (unpaired) electrons. The molecule has 2 rings (SSSR count). The molecule has 0 aliphatic heterocycles. The highest BCUT2D eigenvalue weighted by Gasteiger charge is 2.15. The second-order valence-electron chi connectivity index (χ2n) is 4.71. The summed E-state index contributed by atoms with van der Waals surface area (Å²) in [5.74, 6) is -0.695. The summed E-state index contributed by atoms with van der Waals surface area (Å²) in [7, 11) is 0. The number of benzene rings is 1. The van der Waals surface area contributed by atoms with Crippen LogP contribution in [0.1, 0.15) is 41.4 Å². The van der Waals surface area contributed by atoms with Gasteiger partial charge in [-0.3, -0.25) is 10.1 Å². The molecule has 4 nitrogen and oxygen atoms in total. The molecule has 19 heavy (non-hydrogen) atoms. The minimum atomic E-state index is -0.563. The van der Waals surface area contributed by atoms with E-state index >= 15 is 0 Å². The van der Waals surface area contributed by atoms with E-state index in [9.17, 15) is 9.18 Å². The third kappa shape index (κ3) is 2.99. The number of nitrogens with zero attached hydrogens (tertiary/aromatic N) is 1. The van der Waals surface area contributed by atoms with Gasteiger partial charge in [-0.1, -0.05) is 30.6 Å². The van der Waals surface area contributed by atoms with Crippen molar-refractivity contribution in [1.82, 2.24) is 5.16 Å². The fraction of sp³-hybridized carbons (Fsp3) is 0.286. The molecule has 2 aromatic rings. The number of aryl methyl sites for hydroxylation is 1. The maximum absolute atomic E-state index is 13.5. The van der Waals surface area contributed by atoms with Crippen molar-refractivity contribution in [3.8, 4) is 0 Å². The van der Waals surface area contributed by atoms with Gasteiger partial charge in [0, 0.05) is 6.07 Å². The smallest absolute Gasteiger partial charge is 0.261 e. The zero-order valence-corrected chi connectivity index (χ0v) is 11.0. The van der Waals surface area contributed by atoms with Crippen LogP contribution in [0.2, 0.25) is 0 Å². The van der Waals surface area contributed by atoms with Crippen LogP contribution in [0.25, 0.3) is 0 Å². The van der Waals surface area contributed by atoms with Crippen LogP contribution in [-0.4, -0.2) is 11.1 Å². The lowest BCUT2D eigenvalue weighted by Crippen LogP contribution is -2.13. The van der Waals surface area contributed by atoms with Crippen molar-refractivity contribution in [2.24, 2.45) is 0 Å². The minimum Gasteiger partial charge on any atom is -0.338 e. The Labute approximate surface area is 110 Å². The molecule has 1 aromatic heterocycles. The number of halogens is 1. The van der Waals surface area contributed by atoms with Crippen LogP contribution in [0, 0.1) is 12.7 Å². The Balaban J connectivity index is 2.18. The van der Waals surface area contributed by atoms with E-state index in [4.69, 9.17) is 4.52 Å². The van der Waals surface area contributed by atoms with Crippen molar-refractivity contribution in [3.05, 3.63) is 46.9 Å². The molecule has 1 amide bonds. The van der Waals surface area contributed by atoms with Gasteiger partial charge >= 0.3 is 0 Å². The summed E-state index contributed by atoms with van der Waals surface area (Å²) in [6, 6.07) is 6.00. The van der Waals surface area contributed by atoms with Gasteiger partial charge in [-0.2, -0.15) is 0 Å².